The molecular formula is C11H14NO2S. The van der Waals surface area contributed by atoms with E-state index in [1.54, 1.807) is 0 Å². The Balaban J connectivity index is 2.17. The number of hydrogen-bond acceptors (Lipinski definition) is 3. The summed E-state index contributed by atoms with van der Waals surface area (Å²) in [5.74, 6) is 0.136. The Morgan fingerprint density at radius 1 is 1.33 bits per heavy atom. The maximum atomic E-state index is 10.6. The molecule has 1 aromatic carbocycles. The Hall–Kier alpha value is -1.03. The van der Waals surface area contributed by atoms with Gasteiger partial charge in [0.25, 0.3) is 0 Å². The van der Waals surface area contributed by atoms with Crippen LogP contribution in [0.3, 0.4) is 0 Å². The van der Waals surface area contributed by atoms with Gasteiger partial charge in [-0.05, 0) is 30.5 Å². The molecule has 1 aromatic rings. The summed E-state index contributed by atoms with van der Waals surface area (Å²) >= 11 is 0. The highest BCUT2D eigenvalue weighted by Crippen LogP contribution is 2.23. The smallest absolute Gasteiger partial charge is 0.144 e. The molecule has 1 fully saturated rings. The third-order valence-corrected chi connectivity index (χ3v) is 3.13. The molecule has 1 aliphatic heterocycles. The first-order valence-corrected chi connectivity index (χ1v) is 6.43. The fourth-order valence-electron chi connectivity index (χ4n) is 1.82. The molecule has 0 spiro atoms. The molecule has 81 valence electrons. The Kier molecular flexibility index (Phi) is 3.26. The fourth-order valence-corrected chi connectivity index (χ4v) is 2.31. The predicted molar refractivity (Wildman–Crippen MR) is 61.3 cm³/mol. The van der Waals surface area contributed by atoms with Gasteiger partial charge < -0.3 is 4.90 Å². The molecule has 1 heterocycles. The lowest BCUT2D eigenvalue weighted by atomic mass is 10.2. The topological polar surface area (TPSA) is 37.4 Å². The van der Waals surface area contributed by atoms with Crippen LogP contribution in [0.15, 0.2) is 24.3 Å². The van der Waals surface area contributed by atoms with Gasteiger partial charge in [0, 0.05) is 18.8 Å². The molecule has 1 aliphatic rings. The van der Waals surface area contributed by atoms with Crippen molar-refractivity contribution in [1.82, 2.24) is 0 Å². The SMILES string of the molecule is O=[SH](=O)Cc1cccc(N2[CH]CCC2)c1. The minimum atomic E-state index is -2.33. The maximum absolute atomic E-state index is 10.6. The van der Waals surface area contributed by atoms with Crippen molar-refractivity contribution >= 4 is 16.4 Å². The number of hydrogen-bond donors (Lipinski definition) is 1. The highest BCUT2D eigenvalue weighted by molar-refractivity contribution is 7.71. The third-order valence-electron chi connectivity index (χ3n) is 2.51. The first-order chi connectivity index (χ1) is 7.25. The molecule has 0 aliphatic carbocycles. The van der Waals surface area contributed by atoms with Crippen molar-refractivity contribution in [3.8, 4) is 0 Å². The fraction of sp³-hybridized carbons (Fsp3) is 0.364. The summed E-state index contributed by atoms with van der Waals surface area (Å²) in [6.07, 6.45) is 2.29. The van der Waals surface area contributed by atoms with Crippen molar-refractivity contribution in [2.24, 2.45) is 0 Å². The van der Waals surface area contributed by atoms with Crippen LogP contribution in [0, 0.1) is 6.54 Å². The lowest BCUT2D eigenvalue weighted by Crippen LogP contribution is -2.13. The van der Waals surface area contributed by atoms with E-state index >= 15 is 0 Å². The van der Waals surface area contributed by atoms with E-state index in [1.165, 1.54) is 6.42 Å². The number of anilines is 1. The van der Waals surface area contributed by atoms with E-state index in [0.29, 0.717) is 0 Å². The Bertz CT molecular complexity index is 401. The summed E-state index contributed by atoms with van der Waals surface area (Å²) in [4.78, 5) is 2.18. The van der Waals surface area contributed by atoms with E-state index in [4.69, 9.17) is 0 Å². The van der Waals surface area contributed by atoms with E-state index < -0.39 is 10.7 Å². The summed E-state index contributed by atoms with van der Waals surface area (Å²) in [6.45, 7) is 3.20. The average molecular weight is 224 g/mol. The third kappa shape index (κ3) is 2.72. The van der Waals surface area contributed by atoms with Gasteiger partial charge in [-0.25, -0.2) is 8.42 Å². The van der Waals surface area contributed by atoms with E-state index in [9.17, 15) is 8.42 Å². The van der Waals surface area contributed by atoms with Crippen LogP contribution >= 0.6 is 0 Å². The summed E-state index contributed by atoms with van der Waals surface area (Å²) in [5.41, 5.74) is 1.96. The zero-order valence-corrected chi connectivity index (χ0v) is 9.32. The quantitative estimate of drug-likeness (QED) is 0.792. The van der Waals surface area contributed by atoms with Gasteiger partial charge >= 0.3 is 0 Å². The standard InChI is InChI=1S/C11H14NO2S/c13-15(14)9-10-4-3-5-11(8-10)12-6-1-2-7-12/h3-6,8,15H,1-2,7,9H2. The minimum absolute atomic E-state index is 0.136. The van der Waals surface area contributed by atoms with Gasteiger partial charge in [-0.1, -0.05) is 12.1 Å². The average Bonchev–Trinajstić information content (AvgIpc) is 2.69. The Labute approximate surface area is 91.7 Å². The molecule has 0 aromatic heterocycles. The van der Waals surface area contributed by atoms with Gasteiger partial charge in [-0.15, -0.1) is 0 Å². The molecule has 0 unspecified atom stereocenters. The summed E-state index contributed by atoms with van der Waals surface area (Å²) in [7, 11) is -2.33. The number of thiol groups is 1. The highest BCUT2D eigenvalue weighted by atomic mass is 32.2. The molecule has 0 atom stereocenters. The summed E-state index contributed by atoms with van der Waals surface area (Å²) in [6, 6.07) is 7.73. The number of rotatable bonds is 3. The van der Waals surface area contributed by atoms with Gasteiger partial charge in [-0.3, -0.25) is 0 Å². The van der Waals surface area contributed by atoms with Gasteiger partial charge in [0.1, 0.15) is 10.7 Å². The van der Waals surface area contributed by atoms with Crippen LogP contribution in [0.25, 0.3) is 0 Å². The van der Waals surface area contributed by atoms with Crippen LogP contribution in [0.1, 0.15) is 18.4 Å². The monoisotopic (exact) mass is 224 g/mol. The molecule has 2 rings (SSSR count). The van der Waals surface area contributed by atoms with Gasteiger partial charge in [0.2, 0.25) is 0 Å². The molecule has 1 radical (unpaired) electrons. The van der Waals surface area contributed by atoms with Gasteiger partial charge in [-0.2, -0.15) is 0 Å². The normalized spacial score (nSPS) is 16.2. The molecule has 4 heteroatoms. The first kappa shape index (κ1) is 10.5. The van der Waals surface area contributed by atoms with Crippen LogP contribution in [-0.4, -0.2) is 15.0 Å². The second-order valence-corrected chi connectivity index (χ2v) is 4.66. The molecule has 3 nitrogen and oxygen atoms in total. The lowest BCUT2D eigenvalue weighted by Gasteiger charge is -2.17. The Morgan fingerprint density at radius 3 is 2.87 bits per heavy atom. The van der Waals surface area contributed by atoms with Crippen LogP contribution in [0.4, 0.5) is 5.69 Å². The van der Waals surface area contributed by atoms with E-state index in [2.05, 4.69) is 11.4 Å². The van der Waals surface area contributed by atoms with Crippen LogP contribution in [0.2, 0.25) is 0 Å². The van der Waals surface area contributed by atoms with Crippen LogP contribution in [-0.2, 0) is 16.5 Å². The maximum Gasteiger partial charge on any atom is 0.144 e. The van der Waals surface area contributed by atoms with Gasteiger partial charge in [0.05, 0.1) is 5.75 Å². The molecule has 0 saturated carbocycles. The van der Waals surface area contributed by atoms with E-state index in [1.807, 2.05) is 24.3 Å². The molecular weight excluding hydrogens is 210 g/mol. The largest absolute Gasteiger partial charge is 0.366 e. The van der Waals surface area contributed by atoms with E-state index in [0.717, 1.165) is 24.2 Å². The van der Waals surface area contributed by atoms with Crippen molar-refractivity contribution in [2.45, 2.75) is 18.6 Å². The van der Waals surface area contributed by atoms with Crippen LogP contribution < -0.4 is 4.90 Å². The summed E-state index contributed by atoms with van der Waals surface area (Å²) < 4.78 is 21.2. The Morgan fingerprint density at radius 2 is 2.20 bits per heavy atom. The van der Waals surface area contributed by atoms with Crippen molar-refractivity contribution in [3.63, 3.8) is 0 Å². The molecule has 0 N–H and O–H groups in total. The lowest BCUT2D eigenvalue weighted by molar-refractivity contribution is 0.614. The van der Waals surface area contributed by atoms with E-state index in [-0.39, 0.29) is 5.75 Å². The second kappa shape index (κ2) is 4.66. The molecule has 0 bridgehead atoms. The zero-order chi connectivity index (χ0) is 10.7. The first-order valence-electron chi connectivity index (χ1n) is 5.06. The number of benzene rings is 1. The number of nitrogens with zero attached hydrogens (tertiary/aromatic N) is 1. The highest BCUT2D eigenvalue weighted by Gasteiger charge is 2.12. The molecule has 1 saturated heterocycles. The second-order valence-electron chi connectivity index (χ2n) is 3.68. The van der Waals surface area contributed by atoms with Gasteiger partial charge in [0.15, 0.2) is 0 Å². The minimum Gasteiger partial charge on any atom is -0.366 e. The van der Waals surface area contributed by atoms with Crippen molar-refractivity contribution in [1.29, 1.82) is 0 Å². The summed E-state index contributed by atoms with van der Waals surface area (Å²) in [5, 5.41) is 0. The predicted octanol–water partition coefficient (Wildman–Crippen LogP) is 1.56. The van der Waals surface area contributed by atoms with Crippen molar-refractivity contribution in [3.05, 3.63) is 36.4 Å². The van der Waals surface area contributed by atoms with Crippen molar-refractivity contribution < 1.29 is 8.42 Å². The molecule has 15 heavy (non-hydrogen) atoms. The van der Waals surface area contributed by atoms with Crippen molar-refractivity contribution in [2.75, 3.05) is 11.4 Å². The molecule has 0 amide bonds. The zero-order valence-electron chi connectivity index (χ0n) is 8.43. The van der Waals surface area contributed by atoms with Crippen LogP contribution in [0.5, 0.6) is 0 Å².